The Kier molecular flexibility index (Phi) is 5.39. The second kappa shape index (κ2) is 5.47. The number of nitrogens with two attached hydrogens (primary N) is 1. The first kappa shape index (κ1) is 11.8. The van der Waals surface area contributed by atoms with Gasteiger partial charge in [-0.15, -0.1) is 0 Å². The first-order valence-corrected chi connectivity index (χ1v) is 5.40. The molecule has 0 rings (SSSR count). The number of likely N-dealkylation sites (N-methyl/N-ethyl adjacent to an activating group) is 1. The van der Waals surface area contributed by atoms with Crippen LogP contribution in [0.5, 0.6) is 0 Å². The lowest BCUT2D eigenvalue weighted by Crippen LogP contribution is -2.27. The quantitative estimate of drug-likeness (QED) is 0.541. The molecule has 5 nitrogen and oxygen atoms in total. The first-order valence-electron chi connectivity index (χ1n) is 3.79. The zero-order valence-corrected chi connectivity index (χ0v) is 8.05. The van der Waals surface area contributed by atoms with Gasteiger partial charge in [0.15, 0.2) is 0 Å². The van der Waals surface area contributed by atoms with E-state index in [9.17, 15) is 8.42 Å². The Hall–Kier alpha value is -0.170. The molecule has 74 valence electrons. The van der Waals surface area contributed by atoms with Gasteiger partial charge in [-0.1, -0.05) is 0 Å². The molecule has 0 aliphatic rings. The molecule has 0 bridgehead atoms. The third kappa shape index (κ3) is 7.93. The Morgan fingerprint density at radius 3 is 2.42 bits per heavy atom. The normalized spacial score (nSPS) is 12.3. The van der Waals surface area contributed by atoms with Crippen LogP contribution in [-0.2, 0) is 10.1 Å². The minimum absolute atomic E-state index is 0.179. The monoisotopic (exact) mass is 196 g/mol. The summed E-state index contributed by atoms with van der Waals surface area (Å²) in [6.45, 7) is 1.94. The van der Waals surface area contributed by atoms with E-state index in [4.69, 9.17) is 10.3 Å². The van der Waals surface area contributed by atoms with Crippen molar-refractivity contribution in [1.82, 2.24) is 4.90 Å². The lowest BCUT2D eigenvalue weighted by molar-refractivity contribution is 0.343. The SMILES string of the molecule is CN(CCN)CCCS(=O)(=O)O. The van der Waals surface area contributed by atoms with E-state index in [1.165, 1.54) is 0 Å². The number of hydrogen-bond acceptors (Lipinski definition) is 4. The van der Waals surface area contributed by atoms with Crippen LogP contribution >= 0.6 is 0 Å². The maximum absolute atomic E-state index is 10.3. The van der Waals surface area contributed by atoms with Crippen molar-refractivity contribution in [3.63, 3.8) is 0 Å². The van der Waals surface area contributed by atoms with Gasteiger partial charge in [0.2, 0.25) is 0 Å². The smallest absolute Gasteiger partial charge is 0.264 e. The summed E-state index contributed by atoms with van der Waals surface area (Å²) in [4.78, 5) is 1.92. The topological polar surface area (TPSA) is 83.6 Å². The minimum Gasteiger partial charge on any atom is -0.329 e. The molecule has 6 heteroatoms. The highest BCUT2D eigenvalue weighted by molar-refractivity contribution is 7.85. The Morgan fingerprint density at radius 2 is 2.00 bits per heavy atom. The predicted molar refractivity (Wildman–Crippen MR) is 47.6 cm³/mol. The summed E-state index contributed by atoms with van der Waals surface area (Å²) in [6.07, 6.45) is 0.440. The van der Waals surface area contributed by atoms with Crippen LogP contribution < -0.4 is 5.73 Å². The summed E-state index contributed by atoms with van der Waals surface area (Å²) in [7, 11) is -1.93. The van der Waals surface area contributed by atoms with Crippen molar-refractivity contribution in [3.8, 4) is 0 Å². The third-order valence-corrected chi connectivity index (χ3v) is 2.26. The fourth-order valence-corrected chi connectivity index (χ4v) is 1.34. The molecule has 0 aromatic carbocycles. The Labute approximate surface area is 73.3 Å². The number of hydrogen-bond donors (Lipinski definition) is 2. The van der Waals surface area contributed by atoms with E-state index in [-0.39, 0.29) is 5.75 Å². The van der Waals surface area contributed by atoms with Crippen molar-refractivity contribution >= 4 is 10.1 Å². The molecule has 0 aliphatic carbocycles. The Bertz CT molecular complexity index is 203. The number of rotatable bonds is 6. The second-order valence-electron chi connectivity index (χ2n) is 2.73. The van der Waals surface area contributed by atoms with E-state index < -0.39 is 10.1 Å². The van der Waals surface area contributed by atoms with Crippen molar-refractivity contribution < 1.29 is 13.0 Å². The van der Waals surface area contributed by atoms with Gasteiger partial charge >= 0.3 is 0 Å². The van der Waals surface area contributed by atoms with Gasteiger partial charge < -0.3 is 10.6 Å². The lowest BCUT2D eigenvalue weighted by Gasteiger charge is -2.13. The molecule has 0 amide bonds. The van der Waals surface area contributed by atoms with Crippen LogP contribution in [-0.4, -0.2) is 50.3 Å². The van der Waals surface area contributed by atoms with E-state index >= 15 is 0 Å². The van der Waals surface area contributed by atoms with E-state index in [0.29, 0.717) is 19.5 Å². The highest BCUT2D eigenvalue weighted by atomic mass is 32.2. The van der Waals surface area contributed by atoms with Crippen molar-refractivity contribution in [2.75, 3.05) is 32.4 Å². The summed E-state index contributed by atoms with van der Waals surface area (Å²) < 4.78 is 29.0. The first-order chi connectivity index (χ1) is 5.45. The molecular weight excluding hydrogens is 180 g/mol. The molecule has 0 heterocycles. The minimum atomic E-state index is -3.79. The van der Waals surface area contributed by atoms with Crippen LogP contribution in [0.1, 0.15) is 6.42 Å². The standard InChI is InChI=1S/C6H16N2O3S/c1-8(5-3-7)4-2-6-12(9,10)11/h2-7H2,1H3,(H,9,10,11). The summed E-state index contributed by atoms with van der Waals surface area (Å²) >= 11 is 0. The van der Waals surface area contributed by atoms with Crippen LogP contribution in [0.2, 0.25) is 0 Å². The van der Waals surface area contributed by atoms with Crippen LogP contribution in [0, 0.1) is 0 Å². The third-order valence-electron chi connectivity index (χ3n) is 1.45. The van der Waals surface area contributed by atoms with E-state index in [1.807, 2.05) is 11.9 Å². The molecule has 0 aromatic rings. The molecule has 0 saturated carbocycles. The maximum atomic E-state index is 10.3. The molecule has 12 heavy (non-hydrogen) atoms. The second-order valence-corrected chi connectivity index (χ2v) is 4.30. The molecule has 0 spiro atoms. The van der Waals surface area contributed by atoms with Gasteiger partial charge in [0, 0.05) is 13.1 Å². The van der Waals surface area contributed by atoms with Gasteiger partial charge in [-0.2, -0.15) is 8.42 Å². The largest absolute Gasteiger partial charge is 0.329 e. The van der Waals surface area contributed by atoms with Gasteiger partial charge in [0.25, 0.3) is 10.1 Å². The molecule has 0 unspecified atom stereocenters. The van der Waals surface area contributed by atoms with Gasteiger partial charge in [0.05, 0.1) is 5.75 Å². The molecule has 0 saturated heterocycles. The van der Waals surface area contributed by atoms with Gasteiger partial charge in [-0.05, 0) is 20.0 Å². The van der Waals surface area contributed by atoms with E-state index in [1.54, 1.807) is 0 Å². The van der Waals surface area contributed by atoms with E-state index in [2.05, 4.69) is 0 Å². The average molecular weight is 196 g/mol. The van der Waals surface area contributed by atoms with Crippen LogP contribution in [0.4, 0.5) is 0 Å². The predicted octanol–water partition coefficient (Wildman–Crippen LogP) is -0.845. The highest BCUT2D eigenvalue weighted by Crippen LogP contribution is 1.90. The molecule has 0 aliphatic heterocycles. The molecular formula is C6H16N2O3S. The van der Waals surface area contributed by atoms with Gasteiger partial charge in [0.1, 0.15) is 0 Å². The van der Waals surface area contributed by atoms with E-state index in [0.717, 1.165) is 6.54 Å². The van der Waals surface area contributed by atoms with Gasteiger partial charge in [-0.3, -0.25) is 4.55 Å². The van der Waals surface area contributed by atoms with Crippen molar-refractivity contribution in [2.24, 2.45) is 5.73 Å². The fourth-order valence-electron chi connectivity index (χ4n) is 0.849. The molecule has 0 atom stereocenters. The zero-order chi connectivity index (χ0) is 9.61. The Morgan fingerprint density at radius 1 is 1.42 bits per heavy atom. The van der Waals surface area contributed by atoms with Crippen LogP contribution in [0.15, 0.2) is 0 Å². The van der Waals surface area contributed by atoms with Crippen LogP contribution in [0.3, 0.4) is 0 Å². The van der Waals surface area contributed by atoms with Crippen molar-refractivity contribution in [3.05, 3.63) is 0 Å². The number of nitrogens with zero attached hydrogens (tertiary/aromatic N) is 1. The van der Waals surface area contributed by atoms with Crippen LogP contribution in [0.25, 0.3) is 0 Å². The van der Waals surface area contributed by atoms with Gasteiger partial charge in [-0.25, -0.2) is 0 Å². The highest BCUT2D eigenvalue weighted by Gasteiger charge is 2.04. The summed E-state index contributed by atoms with van der Waals surface area (Å²) in [5.74, 6) is -0.179. The zero-order valence-electron chi connectivity index (χ0n) is 7.23. The van der Waals surface area contributed by atoms with Crippen molar-refractivity contribution in [2.45, 2.75) is 6.42 Å². The average Bonchev–Trinajstić information content (AvgIpc) is 1.84. The molecule has 0 fully saturated rings. The summed E-state index contributed by atoms with van der Waals surface area (Å²) in [5.41, 5.74) is 5.28. The maximum Gasteiger partial charge on any atom is 0.264 e. The fraction of sp³-hybridized carbons (Fsp3) is 1.00. The lowest BCUT2D eigenvalue weighted by atomic mass is 10.4. The summed E-state index contributed by atoms with van der Waals surface area (Å²) in [5, 5.41) is 0. The molecule has 0 aromatic heterocycles. The molecule has 0 radical (unpaired) electrons. The Balaban J connectivity index is 3.44. The summed E-state index contributed by atoms with van der Waals surface area (Å²) in [6, 6.07) is 0. The molecule has 3 N–H and O–H groups in total. The van der Waals surface area contributed by atoms with Crippen molar-refractivity contribution in [1.29, 1.82) is 0 Å².